The Morgan fingerprint density at radius 2 is 1.40 bits per heavy atom. The largest absolute Gasteiger partial charge is 0.498 e. The van der Waals surface area contributed by atoms with Crippen molar-refractivity contribution in [2.24, 2.45) is 0 Å². The number of benzene rings is 4. The number of nitrogens with zero attached hydrogens (tertiary/aromatic N) is 3. The number of fused-ring (bicyclic) bond motifs is 5. The fourth-order valence-electron chi connectivity index (χ4n) is 6.53. The molecule has 4 nitrogen and oxygen atoms in total. The molecule has 0 fully saturated rings. The van der Waals surface area contributed by atoms with Gasteiger partial charge in [-0.2, -0.15) is 0 Å². The van der Waals surface area contributed by atoms with E-state index in [9.17, 15) is 0 Å². The molecule has 0 unspecified atom stereocenters. The van der Waals surface area contributed by atoms with Crippen LogP contribution in [-0.4, -0.2) is 15.0 Å². The maximum atomic E-state index is 6.63. The van der Waals surface area contributed by atoms with Gasteiger partial charge in [-0.3, -0.25) is 0 Å². The topological polar surface area (TPSA) is 51.8 Å². The van der Waals surface area contributed by atoms with Crippen LogP contribution in [0.3, 0.4) is 0 Å². The number of furan rings is 1. The summed E-state index contributed by atoms with van der Waals surface area (Å²) in [6.45, 7) is 19.8. The monoisotopic (exact) mass is 878 g/mol. The summed E-state index contributed by atoms with van der Waals surface area (Å²) in [6, 6.07) is 35.6. The second kappa shape index (κ2) is 14.5. The van der Waals surface area contributed by atoms with Gasteiger partial charge in [0.05, 0.1) is 15.3 Å². The van der Waals surface area contributed by atoms with Gasteiger partial charge in [0.15, 0.2) is 0 Å². The third-order valence-corrected chi connectivity index (χ3v) is 10.7. The van der Waals surface area contributed by atoms with Crippen molar-refractivity contribution < 1.29 is 24.5 Å². The van der Waals surface area contributed by atoms with Crippen LogP contribution in [0.15, 0.2) is 102 Å². The molecule has 8 rings (SSSR count). The molecule has 0 N–H and O–H groups in total. The Labute approximate surface area is 324 Å². The summed E-state index contributed by atoms with van der Waals surface area (Å²) < 4.78 is 7.78. The summed E-state index contributed by atoms with van der Waals surface area (Å²) in [5.41, 5.74) is 13.7. The zero-order valence-electron chi connectivity index (χ0n) is 31.2. The molecule has 0 bridgehead atoms. The number of rotatable bonds is 3. The predicted molar refractivity (Wildman–Crippen MR) is 215 cm³/mol. The van der Waals surface area contributed by atoms with Crippen molar-refractivity contribution in [1.82, 2.24) is 15.0 Å². The summed E-state index contributed by atoms with van der Waals surface area (Å²) in [7, 11) is 0. The van der Waals surface area contributed by atoms with Crippen LogP contribution in [0.1, 0.15) is 68.8 Å². The normalized spacial score (nSPS) is 11.8. The second-order valence-electron chi connectivity index (χ2n) is 15.4. The maximum absolute atomic E-state index is 6.63. The zero-order valence-corrected chi connectivity index (χ0v) is 34.4. The number of hydrogen-bond donors (Lipinski definition) is 0. The van der Waals surface area contributed by atoms with Crippen molar-refractivity contribution in [1.29, 1.82) is 0 Å². The Balaban J connectivity index is 0.000000279. The average molecular weight is 878 g/mol. The Kier molecular flexibility index (Phi) is 10.4. The first-order valence-electron chi connectivity index (χ1n) is 17.4. The minimum Gasteiger partial charge on any atom is -0.498 e. The first kappa shape index (κ1) is 37.3. The van der Waals surface area contributed by atoms with Crippen molar-refractivity contribution in [3.63, 3.8) is 0 Å². The Morgan fingerprint density at radius 3 is 2.06 bits per heavy atom. The van der Waals surface area contributed by atoms with Gasteiger partial charge in [0.2, 0.25) is 0 Å². The summed E-state index contributed by atoms with van der Waals surface area (Å²) in [4.78, 5) is 14.3. The van der Waals surface area contributed by atoms with Crippen LogP contribution in [0.2, 0.25) is 0 Å². The molecule has 8 aromatic rings. The van der Waals surface area contributed by atoms with Gasteiger partial charge < -0.3 is 14.4 Å². The van der Waals surface area contributed by atoms with E-state index >= 15 is 0 Å². The molecule has 1 radical (unpaired) electrons. The van der Waals surface area contributed by atoms with Gasteiger partial charge in [0.25, 0.3) is 0 Å². The van der Waals surface area contributed by atoms with Crippen LogP contribution in [-0.2, 0) is 30.9 Å². The number of aromatic nitrogens is 3. The van der Waals surface area contributed by atoms with Crippen molar-refractivity contribution in [3.05, 3.63) is 137 Å². The van der Waals surface area contributed by atoms with Gasteiger partial charge >= 0.3 is 0 Å². The molecule has 52 heavy (non-hydrogen) atoms. The maximum Gasteiger partial charge on any atom is 0.148 e. The van der Waals surface area contributed by atoms with Crippen LogP contribution in [0.25, 0.3) is 65.8 Å². The molecule has 4 aromatic carbocycles. The van der Waals surface area contributed by atoms with E-state index in [1.165, 1.54) is 33.4 Å². The number of thiazole rings is 1. The van der Waals surface area contributed by atoms with Crippen LogP contribution in [0.5, 0.6) is 0 Å². The summed E-state index contributed by atoms with van der Waals surface area (Å²) in [6.07, 6.45) is 3.91. The number of aryl methyl sites for hydroxylation is 3. The average Bonchev–Trinajstić information content (AvgIpc) is 3.72. The van der Waals surface area contributed by atoms with Crippen molar-refractivity contribution in [3.8, 4) is 33.6 Å². The molecule has 0 aliphatic carbocycles. The molecule has 0 saturated carbocycles. The molecule has 4 heterocycles. The van der Waals surface area contributed by atoms with E-state index < -0.39 is 0 Å². The van der Waals surface area contributed by atoms with E-state index in [-0.39, 0.29) is 30.9 Å². The van der Waals surface area contributed by atoms with Crippen molar-refractivity contribution in [2.45, 2.75) is 73.1 Å². The van der Waals surface area contributed by atoms with E-state index in [1.54, 1.807) is 11.3 Å². The van der Waals surface area contributed by atoms with Crippen molar-refractivity contribution in [2.75, 3.05) is 0 Å². The Morgan fingerprint density at radius 1 is 0.673 bits per heavy atom. The SMILES string of the molecule is Cc1ccc(-c2[c-]cccc2)nc1.Cc1cccc(C)c1-c1cnc(-c2[c-]ccc3c2oc2c3ccc3sc(C(C)(C)C)nc32)cc1C(C)(C)C.[Ir]. The zero-order chi connectivity index (χ0) is 36.1. The van der Waals surface area contributed by atoms with E-state index in [0.717, 1.165) is 59.7 Å². The van der Waals surface area contributed by atoms with Gasteiger partial charge in [-0.25, -0.2) is 4.98 Å². The molecule has 4 aromatic heterocycles. The second-order valence-corrected chi connectivity index (χ2v) is 16.4. The van der Waals surface area contributed by atoms with Crippen molar-refractivity contribution >= 4 is 43.5 Å². The van der Waals surface area contributed by atoms with Crippen LogP contribution >= 0.6 is 11.3 Å². The molecular weight excluding hydrogens is 835 g/mol. The molecular formula is C46H43IrN3OS-2. The summed E-state index contributed by atoms with van der Waals surface area (Å²) in [5.74, 6) is 0. The summed E-state index contributed by atoms with van der Waals surface area (Å²) >= 11 is 1.74. The smallest absolute Gasteiger partial charge is 0.148 e. The Hall–Kier alpha value is -4.48. The standard InChI is InChI=1S/C34H33N2OS.C12H10N.Ir/c1-19-11-9-12-20(2)28(19)24-18-35-26(17-25(24)33(3,4)5)23-14-10-13-21-22-15-16-27-29(31(22)37-30(21)23)36-32(38-27)34(6,7)8;1-10-7-8-12(13-9-10)11-5-3-2-4-6-11;/h9-13,15-18H,1-8H3;2-5,7-9H,1H3;/q2*-1;. The minimum absolute atomic E-state index is 0. The third-order valence-electron chi connectivity index (χ3n) is 9.21. The van der Waals surface area contributed by atoms with Gasteiger partial charge in [-0.05, 0) is 71.5 Å². The first-order valence-corrected chi connectivity index (χ1v) is 18.3. The first-order chi connectivity index (χ1) is 24.3. The van der Waals surface area contributed by atoms with Gasteiger partial charge in [0.1, 0.15) is 11.1 Å². The molecule has 0 amide bonds. The predicted octanol–water partition coefficient (Wildman–Crippen LogP) is 12.8. The van der Waals surface area contributed by atoms with Crippen LogP contribution in [0.4, 0.5) is 0 Å². The van der Waals surface area contributed by atoms with Gasteiger partial charge in [-0.15, -0.1) is 65.4 Å². The fourth-order valence-corrected chi connectivity index (χ4v) is 7.55. The van der Waals surface area contributed by atoms with Gasteiger partial charge in [-0.1, -0.05) is 95.0 Å². The molecule has 0 spiro atoms. The molecule has 0 saturated heterocycles. The molecule has 0 atom stereocenters. The quantitative estimate of drug-likeness (QED) is 0.166. The van der Waals surface area contributed by atoms with Crippen LogP contribution in [0, 0.1) is 32.9 Å². The molecule has 265 valence electrons. The number of pyridine rings is 2. The van der Waals surface area contributed by atoms with Gasteiger partial charge in [0, 0.05) is 48.9 Å². The van der Waals surface area contributed by atoms with Crippen LogP contribution < -0.4 is 0 Å². The minimum atomic E-state index is -0.0698. The van der Waals surface area contributed by atoms with E-state index in [1.807, 2.05) is 55.7 Å². The summed E-state index contributed by atoms with van der Waals surface area (Å²) in [5, 5.41) is 3.27. The van der Waals surface area contributed by atoms with E-state index in [4.69, 9.17) is 14.4 Å². The van der Waals surface area contributed by atoms with E-state index in [0.29, 0.717) is 0 Å². The molecule has 0 aliphatic rings. The van der Waals surface area contributed by atoms with E-state index in [2.05, 4.69) is 121 Å². The number of hydrogen-bond acceptors (Lipinski definition) is 5. The fraction of sp³-hybridized carbons (Fsp3) is 0.239. The molecule has 6 heteroatoms. The Bertz CT molecular complexity index is 2500. The molecule has 0 aliphatic heterocycles. The third kappa shape index (κ3) is 7.25.